The van der Waals surface area contributed by atoms with Crippen molar-refractivity contribution < 1.29 is 19.0 Å². The molecule has 5 nitrogen and oxygen atoms in total. The molecule has 0 heterocycles. The molecule has 1 amide bonds. The predicted octanol–water partition coefficient (Wildman–Crippen LogP) is 2.59. The number of methoxy groups -OCH3 is 1. The van der Waals surface area contributed by atoms with Crippen molar-refractivity contribution in [2.24, 2.45) is 0 Å². The molecule has 20 heavy (non-hydrogen) atoms. The van der Waals surface area contributed by atoms with Crippen molar-refractivity contribution in [2.75, 3.05) is 26.9 Å². The van der Waals surface area contributed by atoms with Gasteiger partial charge in [-0.2, -0.15) is 0 Å². The molecule has 1 rings (SSSR count). The SMILES string of the molecule is CCOC(CNC(=O)c1ccc(Br)cc1OC)OCC. The summed E-state index contributed by atoms with van der Waals surface area (Å²) in [6, 6.07) is 5.24. The van der Waals surface area contributed by atoms with Crippen molar-refractivity contribution in [3.05, 3.63) is 28.2 Å². The number of hydrogen-bond donors (Lipinski definition) is 1. The lowest BCUT2D eigenvalue weighted by atomic mass is 10.2. The molecule has 0 unspecified atom stereocenters. The topological polar surface area (TPSA) is 56.8 Å². The van der Waals surface area contributed by atoms with E-state index >= 15 is 0 Å². The van der Waals surface area contributed by atoms with Gasteiger partial charge in [-0.1, -0.05) is 15.9 Å². The largest absolute Gasteiger partial charge is 0.496 e. The van der Waals surface area contributed by atoms with Gasteiger partial charge in [0, 0.05) is 17.7 Å². The minimum atomic E-state index is -0.435. The zero-order chi connectivity index (χ0) is 15.0. The molecule has 0 bridgehead atoms. The van der Waals surface area contributed by atoms with Crippen molar-refractivity contribution >= 4 is 21.8 Å². The Hall–Kier alpha value is -1.11. The lowest BCUT2D eigenvalue weighted by Gasteiger charge is -2.17. The average molecular weight is 346 g/mol. The van der Waals surface area contributed by atoms with Crippen molar-refractivity contribution in [3.63, 3.8) is 0 Å². The van der Waals surface area contributed by atoms with Gasteiger partial charge in [-0.15, -0.1) is 0 Å². The third-order valence-corrected chi connectivity index (χ3v) is 3.04. The maximum absolute atomic E-state index is 12.1. The number of rotatable bonds is 8. The third-order valence-electron chi connectivity index (χ3n) is 2.54. The molecule has 0 aliphatic carbocycles. The average Bonchev–Trinajstić information content (AvgIpc) is 2.44. The number of nitrogens with one attached hydrogen (secondary N) is 1. The van der Waals surface area contributed by atoms with E-state index in [0.717, 1.165) is 4.47 Å². The van der Waals surface area contributed by atoms with Crippen LogP contribution < -0.4 is 10.1 Å². The second-order valence-electron chi connectivity index (χ2n) is 3.89. The van der Waals surface area contributed by atoms with Crippen LogP contribution in [0.15, 0.2) is 22.7 Å². The zero-order valence-corrected chi connectivity index (χ0v) is 13.5. The highest BCUT2D eigenvalue weighted by Gasteiger charge is 2.15. The third kappa shape index (κ3) is 5.11. The quantitative estimate of drug-likeness (QED) is 0.735. The molecule has 0 aliphatic rings. The van der Waals surface area contributed by atoms with Gasteiger partial charge in [-0.25, -0.2) is 0 Å². The molecular weight excluding hydrogens is 326 g/mol. The molecule has 1 aromatic carbocycles. The van der Waals surface area contributed by atoms with Crippen LogP contribution in [0.1, 0.15) is 24.2 Å². The number of ether oxygens (including phenoxy) is 3. The van der Waals surface area contributed by atoms with Crippen LogP contribution in [0.25, 0.3) is 0 Å². The van der Waals surface area contributed by atoms with Crippen molar-refractivity contribution in [1.82, 2.24) is 5.32 Å². The van der Waals surface area contributed by atoms with Crippen molar-refractivity contribution in [2.45, 2.75) is 20.1 Å². The van der Waals surface area contributed by atoms with Crippen LogP contribution in [0.5, 0.6) is 5.75 Å². The number of carbonyl (C=O) groups excluding carboxylic acids is 1. The van der Waals surface area contributed by atoms with Crippen LogP contribution in [0.3, 0.4) is 0 Å². The fraction of sp³-hybridized carbons (Fsp3) is 0.500. The first-order chi connectivity index (χ1) is 9.62. The van der Waals surface area contributed by atoms with Crippen LogP contribution in [0, 0.1) is 0 Å². The second kappa shape index (κ2) is 8.94. The Morgan fingerprint density at radius 1 is 1.30 bits per heavy atom. The standard InChI is InChI=1S/C14H20BrNO4/c1-4-19-13(20-5-2)9-16-14(17)11-7-6-10(15)8-12(11)18-3/h6-8,13H,4-5,9H2,1-3H3,(H,16,17). The zero-order valence-electron chi connectivity index (χ0n) is 11.9. The van der Waals surface area contributed by atoms with Gasteiger partial charge in [-0.3, -0.25) is 4.79 Å². The molecule has 1 aromatic rings. The summed E-state index contributed by atoms with van der Waals surface area (Å²) < 4.78 is 16.8. The predicted molar refractivity (Wildman–Crippen MR) is 80.1 cm³/mol. The molecule has 112 valence electrons. The van der Waals surface area contributed by atoms with Crippen LogP contribution in [0.2, 0.25) is 0 Å². The van der Waals surface area contributed by atoms with Crippen molar-refractivity contribution in [3.8, 4) is 5.75 Å². The van der Waals surface area contributed by atoms with E-state index in [4.69, 9.17) is 14.2 Å². The van der Waals surface area contributed by atoms with Gasteiger partial charge in [0.05, 0.1) is 19.2 Å². The van der Waals surface area contributed by atoms with Gasteiger partial charge in [0.2, 0.25) is 0 Å². The number of amides is 1. The summed E-state index contributed by atoms with van der Waals surface area (Å²) in [5, 5.41) is 2.78. The summed E-state index contributed by atoms with van der Waals surface area (Å²) in [6.07, 6.45) is -0.435. The van der Waals surface area contributed by atoms with Gasteiger partial charge < -0.3 is 19.5 Å². The number of carbonyl (C=O) groups is 1. The fourth-order valence-electron chi connectivity index (χ4n) is 1.66. The van der Waals surface area contributed by atoms with E-state index in [-0.39, 0.29) is 5.91 Å². The number of benzene rings is 1. The first-order valence-electron chi connectivity index (χ1n) is 6.47. The fourth-order valence-corrected chi connectivity index (χ4v) is 2.00. The van der Waals surface area contributed by atoms with Gasteiger partial charge in [0.1, 0.15) is 5.75 Å². The molecule has 0 aliphatic heterocycles. The summed E-state index contributed by atoms with van der Waals surface area (Å²) in [6.45, 7) is 5.11. The summed E-state index contributed by atoms with van der Waals surface area (Å²) in [5.41, 5.74) is 0.474. The monoisotopic (exact) mass is 345 g/mol. The second-order valence-corrected chi connectivity index (χ2v) is 4.81. The highest BCUT2D eigenvalue weighted by molar-refractivity contribution is 9.10. The molecule has 0 radical (unpaired) electrons. The van der Waals surface area contributed by atoms with E-state index in [1.807, 2.05) is 13.8 Å². The number of hydrogen-bond acceptors (Lipinski definition) is 4. The Morgan fingerprint density at radius 2 is 1.95 bits per heavy atom. The molecule has 0 aromatic heterocycles. The normalized spacial score (nSPS) is 10.7. The lowest BCUT2D eigenvalue weighted by Crippen LogP contribution is -2.35. The highest BCUT2D eigenvalue weighted by Crippen LogP contribution is 2.23. The van der Waals surface area contributed by atoms with E-state index < -0.39 is 6.29 Å². The van der Waals surface area contributed by atoms with E-state index in [1.54, 1.807) is 18.2 Å². The molecular formula is C14H20BrNO4. The van der Waals surface area contributed by atoms with Crippen LogP contribution in [0.4, 0.5) is 0 Å². The molecule has 6 heteroatoms. The first kappa shape index (κ1) is 16.9. The molecule has 0 spiro atoms. The van der Waals surface area contributed by atoms with Crippen LogP contribution in [-0.2, 0) is 9.47 Å². The van der Waals surface area contributed by atoms with Crippen molar-refractivity contribution in [1.29, 1.82) is 0 Å². The van der Waals surface area contributed by atoms with Gasteiger partial charge in [0.25, 0.3) is 5.91 Å². The van der Waals surface area contributed by atoms with E-state index in [1.165, 1.54) is 7.11 Å². The van der Waals surface area contributed by atoms with Crippen LogP contribution >= 0.6 is 15.9 Å². The summed E-state index contributed by atoms with van der Waals surface area (Å²) >= 11 is 3.34. The summed E-state index contributed by atoms with van der Waals surface area (Å²) in [7, 11) is 1.53. The smallest absolute Gasteiger partial charge is 0.255 e. The van der Waals surface area contributed by atoms with Gasteiger partial charge >= 0.3 is 0 Å². The minimum Gasteiger partial charge on any atom is -0.496 e. The molecule has 0 saturated carbocycles. The maximum atomic E-state index is 12.1. The molecule has 0 saturated heterocycles. The molecule has 0 atom stereocenters. The van der Waals surface area contributed by atoms with Gasteiger partial charge in [-0.05, 0) is 32.0 Å². The first-order valence-corrected chi connectivity index (χ1v) is 7.26. The minimum absolute atomic E-state index is 0.223. The van der Waals surface area contributed by atoms with Gasteiger partial charge in [0.15, 0.2) is 6.29 Å². The highest BCUT2D eigenvalue weighted by atomic mass is 79.9. The summed E-state index contributed by atoms with van der Waals surface area (Å²) in [4.78, 5) is 12.1. The number of halogens is 1. The Kier molecular flexibility index (Phi) is 7.58. The molecule has 0 fully saturated rings. The van der Waals surface area contributed by atoms with Crippen LogP contribution in [-0.4, -0.2) is 39.1 Å². The van der Waals surface area contributed by atoms with E-state index in [9.17, 15) is 4.79 Å². The maximum Gasteiger partial charge on any atom is 0.255 e. The Labute approximate surface area is 127 Å². The summed E-state index contributed by atoms with van der Waals surface area (Å²) in [5.74, 6) is 0.292. The molecule has 1 N–H and O–H groups in total. The Morgan fingerprint density at radius 3 is 2.50 bits per heavy atom. The Bertz CT molecular complexity index is 433. The lowest BCUT2D eigenvalue weighted by molar-refractivity contribution is -0.131. The van der Waals surface area contributed by atoms with E-state index in [2.05, 4.69) is 21.2 Å². The Balaban J connectivity index is 2.66. The van der Waals surface area contributed by atoms with E-state index in [0.29, 0.717) is 31.1 Å².